The molecule has 0 aliphatic heterocycles. The average molecular weight is 458 g/mol. The quantitative estimate of drug-likeness (QED) is 0.256. The molecular formula is C26H33F2N3O2. The molecule has 0 radical (unpaired) electrons. The molecule has 178 valence electrons. The summed E-state index contributed by atoms with van der Waals surface area (Å²) in [5.41, 5.74) is 2.87. The number of halogens is 2. The molecule has 0 saturated carbocycles. The molecule has 0 atom stereocenters. The maximum absolute atomic E-state index is 12.3. The lowest BCUT2D eigenvalue weighted by Gasteiger charge is -2.10. The minimum atomic E-state index is -2.81. The molecule has 0 saturated heterocycles. The fourth-order valence-electron chi connectivity index (χ4n) is 3.12. The van der Waals surface area contributed by atoms with Crippen LogP contribution in [-0.4, -0.2) is 23.3 Å². The van der Waals surface area contributed by atoms with Crippen molar-refractivity contribution in [1.29, 1.82) is 0 Å². The molecule has 3 aromatic rings. The lowest BCUT2D eigenvalue weighted by Crippen LogP contribution is -2.11. The fourth-order valence-corrected chi connectivity index (χ4v) is 3.12. The monoisotopic (exact) mass is 457 g/mol. The van der Waals surface area contributed by atoms with Gasteiger partial charge in [0.1, 0.15) is 5.75 Å². The van der Waals surface area contributed by atoms with Gasteiger partial charge in [-0.05, 0) is 48.2 Å². The molecule has 7 heteroatoms. The predicted octanol–water partition coefficient (Wildman–Crippen LogP) is 7.26. The highest BCUT2D eigenvalue weighted by molar-refractivity contribution is 5.68. The molecule has 0 bridgehead atoms. The highest BCUT2D eigenvalue weighted by Gasteiger charge is 2.21. The van der Waals surface area contributed by atoms with Crippen molar-refractivity contribution in [3.8, 4) is 16.9 Å². The van der Waals surface area contributed by atoms with Crippen molar-refractivity contribution in [3.05, 3.63) is 73.4 Å². The van der Waals surface area contributed by atoms with Crippen molar-refractivity contribution < 1.29 is 18.0 Å². The van der Waals surface area contributed by atoms with Gasteiger partial charge < -0.3 is 14.6 Å². The van der Waals surface area contributed by atoms with Gasteiger partial charge in [0.2, 0.25) is 5.89 Å². The fraction of sp³-hybridized carbons (Fsp3) is 0.385. The average Bonchev–Trinajstić information content (AvgIpc) is 3.28. The van der Waals surface area contributed by atoms with Crippen LogP contribution in [0.4, 0.5) is 14.5 Å². The van der Waals surface area contributed by atoms with Gasteiger partial charge >= 0.3 is 6.61 Å². The van der Waals surface area contributed by atoms with E-state index in [-0.39, 0.29) is 11.2 Å². The molecular weight excluding hydrogens is 424 g/mol. The van der Waals surface area contributed by atoms with Crippen LogP contribution in [0.15, 0.2) is 66.2 Å². The maximum atomic E-state index is 12.3. The van der Waals surface area contributed by atoms with Gasteiger partial charge in [-0.2, -0.15) is 13.8 Å². The number of nitrogens with zero attached hydrogens (tertiary/aromatic N) is 2. The number of rotatable bonds is 10. The number of hydrogen-bond donors (Lipinski definition) is 1. The van der Waals surface area contributed by atoms with Gasteiger partial charge in [0.05, 0.1) is 0 Å². The third-order valence-corrected chi connectivity index (χ3v) is 4.79. The largest absolute Gasteiger partial charge is 0.435 e. The predicted molar refractivity (Wildman–Crippen MR) is 129 cm³/mol. The van der Waals surface area contributed by atoms with E-state index in [0.29, 0.717) is 5.89 Å². The molecule has 33 heavy (non-hydrogen) atoms. The zero-order valence-corrected chi connectivity index (χ0v) is 19.6. The minimum Gasteiger partial charge on any atom is -0.435 e. The number of benzene rings is 2. The molecule has 1 N–H and O–H groups in total. The Balaban J connectivity index is 0.00000187. The Bertz CT molecular complexity index is 966. The summed E-state index contributed by atoms with van der Waals surface area (Å²) in [5.74, 6) is 1.61. The SMILES string of the molecule is C=C.CC(C)(C)c1nc(CCCCCNc2cccc(-c3ccc(OC(F)F)cc3)c2)no1. The summed E-state index contributed by atoms with van der Waals surface area (Å²) >= 11 is 0. The van der Waals surface area contributed by atoms with Gasteiger partial charge in [-0.25, -0.2) is 0 Å². The standard InChI is InChI=1S/C24H29F2N3O2.C2H4/c1-24(2,3)22-28-21(29-31-22)10-5-4-6-15-27-19-9-7-8-18(16-19)17-11-13-20(14-12-17)30-23(25)26;1-2/h7-9,11-14,16,23,27H,4-6,10,15H2,1-3H3;1-2H2. The Labute approximate surface area is 194 Å². The molecule has 0 amide bonds. The topological polar surface area (TPSA) is 60.2 Å². The molecule has 5 nitrogen and oxygen atoms in total. The van der Waals surface area contributed by atoms with Crippen molar-refractivity contribution in [3.63, 3.8) is 0 Å². The summed E-state index contributed by atoms with van der Waals surface area (Å²) in [6.45, 7) is 10.2. The molecule has 3 rings (SSSR count). The number of nitrogens with one attached hydrogen (secondary N) is 1. The van der Waals surface area contributed by atoms with Gasteiger partial charge in [0.25, 0.3) is 0 Å². The van der Waals surface area contributed by atoms with Crippen LogP contribution in [-0.2, 0) is 11.8 Å². The van der Waals surface area contributed by atoms with Crippen molar-refractivity contribution in [1.82, 2.24) is 10.1 Å². The van der Waals surface area contributed by atoms with Gasteiger partial charge in [0, 0.05) is 24.1 Å². The number of alkyl halides is 2. The molecule has 0 aliphatic carbocycles. The van der Waals surface area contributed by atoms with E-state index in [1.807, 2.05) is 18.2 Å². The summed E-state index contributed by atoms with van der Waals surface area (Å²) in [7, 11) is 0. The van der Waals surface area contributed by atoms with E-state index in [2.05, 4.69) is 60.2 Å². The molecule has 1 aromatic heterocycles. The van der Waals surface area contributed by atoms with E-state index in [1.165, 1.54) is 0 Å². The summed E-state index contributed by atoms with van der Waals surface area (Å²) in [6, 6.07) is 14.7. The molecule has 0 fully saturated rings. The first-order chi connectivity index (χ1) is 15.8. The van der Waals surface area contributed by atoms with Crippen LogP contribution in [0.2, 0.25) is 0 Å². The Morgan fingerprint density at radius 3 is 2.36 bits per heavy atom. The highest BCUT2D eigenvalue weighted by Crippen LogP contribution is 2.25. The van der Waals surface area contributed by atoms with E-state index in [0.717, 1.165) is 54.9 Å². The Kier molecular flexibility index (Phi) is 10.0. The zero-order valence-electron chi connectivity index (χ0n) is 19.6. The van der Waals surface area contributed by atoms with Crippen molar-refractivity contribution in [2.24, 2.45) is 0 Å². The van der Waals surface area contributed by atoms with Crippen LogP contribution in [0.5, 0.6) is 5.75 Å². The first kappa shape index (κ1) is 26.0. The van der Waals surface area contributed by atoms with Gasteiger partial charge in [0.15, 0.2) is 5.82 Å². The van der Waals surface area contributed by atoms with Gasteiger partial charge in [-0.15, -0.1) is 13.2 Å². The summed E-state index contributed by atoms with van der Waals surface area (Å²) < 4.78 is 34.3. The molecule has 2 aromatic carbocycles. The molecule has 1 heterocycles. The van der Waals surface area contributed by atoms with E-state index >= 15 is 0 Å². The summed E-state index contributed by atoms with van der Waals surface area (Å²) in [6.07, 6.45) is 3.93. The third-order valence-electron chi connectivity index (χ3n) is 4.79. The van der Waals surface area contributed by atoms with Crippen LogP contribution in [0, 0.1) is 0 Å². The second kappa shape index (κ2) is 12.7. The molecule has 0 spiro atoms. The zero-order chi connectivity index (χ0) is 24.3. The number of hydrogen-bond acceptors (Lipinski definition) is 5. The smallest absolute Gasteiger partial charge is 0.387 e. The highest BCUT2D eigenvalue weighted by atomic mass is 19.3. The molecule has 0 aliphatic rings. The van der Waals surface area contributed by atoms with Crippen LogP contribution < -0.4 is 10.1 Å². The summed E-state index contributed by atoms with van der Waals surface area (Å²) in [5, 5.41) is 7.50. The second-order valence-electron chi connectivity index (χ2n) is 8.49. The number of aryl methyl sites for hydroxylation is 1. The first-order valence-corrected chi connectivity index (χ1v) is 11.0. The second-order valence-corrected chi connectivity index (χ2v) is 8.49. The lowest BCUT2D eigenvalue weighted by atomic mass is 9.97. The number of unbranched alkanes of at least 4 members (excludes halogenated alkanes) is 2. The first-order valence-electron chi connectivity index (χ1n) is 11.0. The van der Waals surface area contributed by atoms with E-state index in [4.69, 9.17) is 4.52 Å². The van der Waals surface area contributed by atoms with E-state index in [1.54, 1.807) is 24.3 Å². The number of aromatic nitrogens is 2. The van der Waals surface area contributed by atoms with Gasteiger partial charge in [-0.3, -0.25) is 0 Å². The van der Waals surface area contributed by atoms with E-state index in [9.17, 15) is 8.78 Å². The van der Waals surface area contributed by atoms with Crippen LogP contribution in [0.3, 0.4) is 0 Å². The maximum Gasteiger partial charge on any atom is 0.387 e. The van der Waals surface area contributed by atoms with Crippen molar-refractivity contribution >= 4 is 5.69 Å². The summed E-state index contributed by atoms with van der Waals surface area (Å²) in [4.78, 5) is 4.47. The van der Waals surface area contributed by atoms with Gasteiger partial charge in [-0.1, -0.05) is 56.6 Å². The van der Waals surface area contributed by atoms with Crippen LogP contribution in [0.25, 0.3) is 11.1 Å². The Hall–Kier alpha value is -3.22. The molecule has 0 unspecified atom stereocenters. The minimum absolute atomic E-state index is 0.120. The number of ether oxygens (including phenoxy) is 1. The van der Waals surface area contributed by atoms with Crippen LogP contribution >= 0.6 is 0 Å². The third kappa shape index (κ3) is 8.67. The van der Waals surface area contributed by atoms with Crippen molar-refractivity contribution in [2.75, 3.05) is 11.9 Å². The Morgan fingerprint density at radius 1 is 1.00 bits per heavy atom. The van der Waals surface area contributed by atoms with Crippen LogP contribution in [0.1, 0.15) is 51.7 Å². The number of anilines is 1. The lowest BCUT2D eigenvalue weighted by molar-refractivity contribution is -0.0498. The normalized spacial score (nSPS) is 11.1. The Morgan fingerprint density at radius 2 is 1.73 bits per heavy atom. The van der Waals surface area contributed by atoms with Crippen molar-refractivity contribution in [2.45, 2.75) is 58.5 Å². The van der Waals surface area contributed by atoms with E-state index < -0.39 is 6.61 Å².